The number of aliphatic hydroxyl groups excluding tert-OH is 1. The highest BCUT2D eigenvalue weighted by molar-refractivity contribution is 7.52. The number of hydrogen-bond acceptors (Lipinski definition) is 4. The minimum Gasteiger partial charge on any atom is -0.508 e. The van der Waals surface area contributed by atoms with Crippen LogP contribution in [0.2, 0.25) is 0 Å². The van der Waals surface area contributed by atoms with Crippen LogP contribution in [-0.4, -0.2) is 27.3 Å². The van der Waals surface area contributed by atoms with Crippen LogP contribution in [0.3, 0.4) is 0 Å². The first kappa shape index (κ1) is 22.2. The maximum Gasteiger partial charge on any atom is 0.342 e. The lowest BCUT2D eigenvalue weighted by molar-refractivity contribution is 0.252. The summed E-state index contributed by atoms with van der Waals surface area (Å²) in [6.45, 7) is 9.39. The van der Waals surface area contributed by atoms with Crippen LogP contribution in [0.4, 0.5) is 0 Å². The lowest BCUT2D eigenvalue weighted by Gasteiger charge is -2.14. The van der Waals surface area contributed by atoms with Crippen molar-refractivity contribution in [1.82, 2.24) is 0 Å². The number of allylic oxidation sites excluding steroid dienone is 7. The largest absolute Gasteiger partial charge is 0.508 e. The number of ether oxygens (including phenoxy) is 1. The summed E-state index contributed by atoms with van der Waals surface area (Å²) in [4.78, 5) is 18.4. The predicted octanol–water partition coefficient (Wildman–Crippen LogP) is 3.98. The fourth-order valence-corrected chi connectivity index (χ4v) is 2.95. The zero-order valence-electron chi connectivity index (χ0n) is 15.5. The third kappa shape index (κ3) is 6.81. The quantitative estimate of drug-likeness (QED) is 0.287. The Morgan fingerprint density at radius 2 is 2.12 bits per heavy atom. The van der Waals surface area contributed by atoms with E-state index in [2.05, 4.69) is 6.58 Å². The van der Waals surface area contributed by atoms with Crippen LogP contribution < -0.4 is 5.73 Å². The van der Waals surface area contributed by atoms with Gasteiger partial charge >= 0.3 is 7.60 Å². The SMILES string of the molecule is C=C/C=C(O)\C(C)=C/COC1=C(C)C=C(CC(N)P(=O)(O)O)CC=C1C. The molecule has 6 nitrogen and oxygen atoms in total. The zero-order valence-corrected chi connectivity index (χ0v) is 16.4. The molecule has 0 saturated carbocycles. The van der Waals surface area contributed by atoms with Gasteiger partial charge in [-0.3, -0.25) is 4.57 Å². The summed E-state index contributed by atoms with van der Waals surface area (Å²) >= 11 is 0. The lowest BCUT2D eigenvalue weighted by Crippen LogP contribution is -2.20. The van der Waals surface area contributed by atoms with Gasteiger partial charge in [-0.2, -0.15) is 0 Å². The Bertz CT molecular complexity index is 737. The van der Waals surface area contributed by atoms with Crippen LogP contribution in [-0.2, 0) is 9.30 Å². The molecule has 26 heavy (non-hydrogen) atoms. The molecule has 1 rings (SSSR count). The van der Waals surface area contributed by atoms with E-state index in [1.165, 1.54) is 12.2 Å². The van der Waals surface area contributed by atoms with E-state index in [9.17, 15) is 19.5 Å². The first-order valence-corrected chi connectivity index (χ1v) is 9.94. The van der Waals surface area contributed by atoms with E-state index in [4.69, 9.17) is 10.5 Å². The Kier molecular flexibility index (Phi) is 8.31. The van der Waals surface area contributed by atoms with Crippen LogP contribution in [0.1, 0.15) is 33.6 Å². The predicted molar refractivity (Wildman–Crippen MR) is 104 cm³/mol. The molecule has 0 saturated heterocycles. The number of rotatable bonds is 8. The molecule has 1 unspecified atom stereocenters. The highest BCUT2D eigenvalue weighted by atomic mass is 31.2. The molecule has 0 radical (unpaired) electrons. The van der Waals surface area contributed by atoms with Crippen molar-refractivity contribution in [3.63, 3.8) is 0 Å². The van der Waals surface area contributed by atoms with E-state index < -0.39 is 13.4 Å². The molecular weight excluding hydrogens is 353 g/mol. The molecule has 0 fully saturated rings. The highest BCUT2D eigenvalue weighted by Gasteiger charge is 2.25. The van der Waals surface area contributed by atoms with E-state index >= 15 is 0 Å². The second-order valence-corrected chi connectivity index (χ2v) is 8.09. The molecule has 1 aliphatic carbocycles. The van der Waals surface area contributed by atoms with E-state index in [1.54, 1.807) is 13.0 Å². The Balaban J connectivity index is 2.91. The van der Waals surface area contributed by atoms with Crippen molar-refractivity contribution >= 4 is 7.60 Å². The van der Waals surface area contributed by atoms with E-state index in [0.29, 0.717) is 17.8 Å². The first-order valence-electron chi connectivity index (χ1n) is 8.26. The maximum absolute atomic E-state index is 11.3. The van der Waals surface area contributed by atoms with Crippen LogP contribution in [0, 0.1) is 0 Å². The van der Waals surface area contributed by atoms with Gasteiger partial charge in [0.25, 0.3) is 0 Å². The molecule has 0 aromatic heterocycles. The van der Waals surface area contributed by atoms with Crippen molar-refractivity contribution in [1.29, 1.82) is 0 Å². The lowest BCUT2D eigenvalue weighted by atomic mass is 10.1. The van der Waals surface area contributed by atoms with Gasteiger partial charge in [0.1, 0.15) is 23.9 Å². The van der Waals surface area contributed by atoms with Crippen molar-refractivity contribution < 1.29 is 24.2 Å². The second-order valence-electron chi connectivity index (χ2n) is 6.25. The van der Waals surface area contributed by atoms with Crippen LogP contribution >= 0.6 is 7.60 Å². The van der Waals surface area contributed by atoms with Gasteiger partial charge in [0, 0.05) is 0 Å². The fraction of sp³-hybridized carbons (Fsp3) is 0.368. The van der Waals surface area contributed by atoms with Crippen LogP contribution in [0.5, 0.6) is 0 Å². The van der Waals surface area contributed by atoms with E-state index in [0.717, 1.165) is 16.7 Å². The van der Waals surface area contributed by atoms with Gasteiger partial charge in [-0.15, -0.1) is 0 Å². The molecule has 0 heterocycles. The molecule has 0 aromatic rings. The Morgan fingerprint density at radius 3 is 2.69 bits per heavy atom. The number of aliphatic hydroxyl groups is 1. The molecule has 0 aromatic carbocycles. The molecule has 5 N–H and O–H groups in total. The average Bonchev–Trinajstić information content (AvgIpc) is 2.66. The monoisotopic (exact) mass is 381 g/mol. The third-order valence-corrected chi connectivity index (χ3v) is 5.05. The minimum atomic E-state index is -4.31. The Hall–Kier alpha value is -1.85. The standard InChI is InChI=1S/C19H28NO5P/c1-5-6-17(21)13(2)9-10-25-19-14(3)7-8-16(11-15(19)4)12-18(20)26(22,23)24/h5-7,9,11,18,21H,1,8,10,12,20H2,2-4H3,(H2,22,23,24)/b13-9-,17-6+. The average molecular weight is 381 g/mol. The summed E-state index contributed by atoms with van der Waals surface area (Å²) in [5.74, 6) is -0.361. The molecule has 0 amide bonds. The van der Waals surface area contributed by atoms with Crippen molar-refractivity contribution in [2.24, 2.45) is 5.73 Å². The van der Waals surface area contributed by atoms with Crippen molar-refractivity contribution in [3.05, 3.63) is 70.8 Å². The summed E-state index contributed by atoms with van der Waals surface area (Å²) < 4.78 is 17.1. The van der Waals surface area contributed by atoms with Gasteiger partial charge < -0.3 is 25.4 Å². The van der Waals surface area contributed by atoms with Gasteiger partial charge in [0.2, 0.25) is 0 Å². The summed E-state index contributed by atoms with van der Waals surface area (Å²) in [5, 5.41) is 9.75. The molecule has 0 aliphatic heterocycles. The summed E-state index contributed by atoms with van der Waals surface area (Å²) in [6, 6.07) is 0. The summed E-state index contributed by atoms with van der Waals surface area (Å²) in [5.41, 5.74) is 8.93. The van der Waals surface area contributed by atoms with Crippen molar-refractivity contribution in [2.45, 2.75) is 39.4 Å². The smallest absolute Gasteiger partial charge is 0.342 e. The van der Waals surface area contributed by atoms with E-state index in [1.807, 2.05) is 26.0 Å². The molecular formula is C19H28NO5P. The van der Waals surface area contributed by atoms with Gasteiger partial charge in [0.15, 0.2) is 0 Å². The summed E-state index contributed by atoms with van der Waals surface area (Å²) in [6.07, 6.45) is 9.28. The number of nitrogens with two attached hydrogens (primary N) is 1. The molecule has 0 spiro atoms. The summed E-state index contributed by atoms with van der Waals surface area (Å²) in [7, 11) is -4.31. The highest BCUT2D eigenvalue weighted by Crippen LogP contribution is 2.41. The van der Waals surface area contributed by atoms with Gasteiger partial charge in [0.05, 0.1) is 0 Å². The van der Waals surface area contributed by atoms with Crippen LogP contribution in [0.25, 0.3) is 0 Å². The number of hydrogen-bond donors (Lipinski definition) is 4. The fourth-order valence-electron chi connectivity index (χ4n) is 2.47. The Labute approximate surface area is 154 Å². The normalized spacial score (nSPS) is 18.1. The molecule has 0 bridgehead atoms. The van der Waals surface area contributed by atoms with Crippen molar-refractivity contribution in [3.8, 4) is 0 Å². The van der Waals surface area contributed by atoms with Gasteiger partial charge in [-0.25, -0.2) is 0 Å². The minimum absolute atomic E-state index is 0.123. The molecule has 7 heteroatoms. The van der Waals surface area contributed by atoms with Crippen molar-refractivity contribution in [2.75, 3.05) is 6.61 Å². The Morgan fingerprint density at radius 1 is 1.46 bits per heavy atom. The maximum atomic E-state index is 11.3. The van der Waals surface area contributed by atoms with Gasteiger partial charge in [-0.1, -0.05) is 30.4 Å². The molecule has 1 atom stereocenters. The topological polar surface area (TPSA) is 113 Å². The molecule has 144 valence electrons. The molecule has 1 aliphatic rings. The van der Waals surface area contributed by atoms with Crippen LogP contribution in [0.15, 0.2) is 70.8 Å². The van der Waals surface area contributed by atoms with Gasteiger partial charge in [-0.05, 0) is 62.5 Å². The first-order chi connectivity index (χ1) is 12.1. The van der Waals surface area contributed by atoms with E-state index in [-0.39, 0.29) is 18.8 Å². The zero-order chi connectivity index (χ0) is 19.9. The third-order valence-electron chi connectivity index (χ3n) is 4.01. The second kappa shape index (κ2) is 9.74.